The molecule has 2 aromatic rings. The van der Waals surface area contributed by atoms with Crippen molar-refractivity contribution in [2.24, 2.45) is 0 Å². The number of amides is 4. The summed E-state index contributed by atoms with van der Waals surface area (Å²) in [5.41, 5.74) is 0.390. The third kappa shape index (κ3) is 2.70. The summed E-state index contributed by atoms with van der Waals surface area (Å²) < 4.78 is 0. The molecule has 7 heteroatoms. The third-order valence-corrected chi connectivity index (χ3v) is 3.43. The summed E-state index contributed by atoms with van der Waals surface area (Å²) in [6, 6.07) is 11.2. The van der Waals surface area contributed by atoms with Crippen molar-refractivity contribution in [1.29, 1.82) is 0 Å². The molecule has 1 aliphatic heterocycles. The molecule has 0 saturated carbocycles. The number of rotatable bonds is 2. The molecular weight excluding hydrogens is 312 g/mol. The van der Waals surface area contributed by atoms with Gasteiger partial charge in [-0.2, -0.15) is 0 Å². The molecule has 7 nitrogen and oxygen atoms in total. The summed E-state index contributed by atoms with van der Waals surface area (Å²) in [6.45, 7) is 0. The van der Waals surface area contributed by atoms with Crippen LogP contribution in [0.5, 0.6) is 11.5 Å². The van der Waals surface area contributed by atoms with Crippen molar-refractivity contribution in [2.75, 3.05) is 4.90 Å². The maximum absolute atomic E-state index is 12.6. The molecule has 1 saturated heterocycles. The highest BCUT2D eigenvalue weighted by Gasteiger charge is 2.36. The Morgan fingerprint density at radius 2 is 1.62 bits per heavy atom. The fraction of sp³-hybridized carbons (Fsp3) is 0. The van der Waals surface area contributed by atoms with Crippen molar-refractivity contribution in [3.05, 3.63) is 59.7 Å². The Hall–Kier alpha value is -3.61. The monoisotopic (exact) mass is 324 g/mol. The second kappa shape index (κ2) is 5.88. The first kappa shape index (κ1) is 15.3. The summed E-state index contributed by atoms with van der Waals surface area (Å²) in [4.78, 5) is 37.4. The van der Waals surface area contributed by atoms with Gasteiger partial charge < -0.3 is 10.2 Å². The van der Waals surface area contributed by atoms with Gasteiger partial charge in [-0.3, -0.25) is 14.9 Å². The molecule has 0 unspecified atom stereocenters. The van der Waals surface area contributed by atoms with Crippen LogP contribution < -0.4 is 10.2 Å². The van der Waals surface area contributed by atoms with Gasteiger partial charge in [0.15, 0.2) is 11.5 Å². The standard InChI is InChI=1S/C17H12N2O5/c20-13-7-6-10(9-14(13)21)8-12-15(22)18-17(24)19(16(12)23)11-4-2-1-3-5-11/h1-9,20-21H,(H,18,22,24). The van der Waals surface area contributed by atoms with Gasteiger partial charge in [0, 0.05) is 0 Å². The number of nitrogens with one attached hydrogen (secondary N) is 1. The Kier molecular flexibility index (Phi) is 3.75. The van der Waals surface area contributed by atoms with Crippen LogP contribution in [0.3, 0.4) is 0 Å². The molecule has 120 valence electrons. The molecule has 0 spiro atoms. The molecule has 1 heterocycles. The SMILES string of the molecule is O=C1NC(=O)N(c2ccccc2)C(=O)C1=Cc1ccc(O)c(O)c1. The summed E-state index contributed by atoms with van der Waals surface area (Å²) in [6.07, 6.45) is 1.24. The van der Waals surface area contributed by atoms with Crippen molar-refractivity contribution in [3.8, 4) is 11.5 Å². The minimum Gasteiger partial charge on any atom is -0.504 e. The van der Waals surface area contributed by atoms with Crippen LogP contribution in [0, 0.1) is 0 Å². The van der Waals surface area contributed by atoms with Crippen LogP contribution in [0.2, 0.25) is 0 Å². The molecule has 2 aromatic carbocycles. The Balaban J connectivity index is 2.02. The topological polar surface area (TPSA) is 107 Å². The molecule has 3 N–H and O–H groups in total. The van der Waals surface area contributed by atoms with Crippen LogP contribution in [0.15, 0.2) is 54.1 Å². The van der Waals surface area contributed by atoms with E-state index in [4.69, 9.17) is 0 Å². The molecule has 1 aliphatic rings. The lowest BCUT2D eigenvalue weighted by Gasteiger charge is -2.26. The zero-order chi connectivity index (χ0) is 17.3. The average molecular weight is 324 g/mol. The lowest BCUT2D eigenvalue weighted by atomic mass is 10.1. The van der Waals surface area contributed by atoms with E-state index < -0.39 is 17.8 Å². The van der Waals surface area contributed by atoms with Crippen LogP contribution >= 0.6 is 0 Å². The molecule has 0 atom stereocenters. The minimum absolute atomic E-state index is 0.261. The molecule has 0 aromatic heterocycles. The third-order valence-electron chi connectivity index (χ3n) is 3.43. The number of nitrogens with zero attached hydrogens (tertiary/aromatic N) is 1. The summed E-state index contributed by atoms with van der Waals surface area (Å²) in [5.74, 6) is -2.31. The summed E-state index contributed by atoms with van der Waals surface area (Å²) in [7, 11) is 0. The van der Waals surface area contributed by atoms with Gasteiger partial charge in [-0.05, 0) is 35.9 Å². The molecular formula is C17H12N2O5. The predicted octanol–water partition coefficient (Wildman–Crippen LogP) is 1.76. The second-order valence-electron chi connectivity index (χ2n) is 5.04. The highest BCUT2D eigenvalue weighted by molar-refractivity contribution is 6.39. The van der Waals surface area contributed by atoms with Crippen LogP contribution in [-0.2, 0) is 9.59 Å². The van der Waals surface area contributed by atoms with Gasteiger partial charge in [-0.15, -0.1) is 0 Å². The number of aromatic hydroxyl groups is 2. The maximum Gasteiger partial charge on any atom is 0.335 e. The number of anilines is 1. The normalized spacial score (nSPS) is 16.4. The Labute approximate surface area is 136 Å². The number of urea groups is 1. The van der Waals surface area contributed by atoms with E-state index in [0.717, 1.165) is 4.90 Å². The summed E-state index contributed by atoms with van der Waals surface area (Å²) in [5, 5.41) is 20.9. The van der Waals surface area contributed by atoms with Gasteiger partial charge in [-0.25, -0.2) is 9.69 Å². The first-order valence-electron chi connectivity index (χ1n) is 6.96. The lowest BCUT2D eigenvalue weighted by Crippen LogP contribution is -2.54. The van der Waals surface area contributed by atoms with Gasteiger partial charge in [0.2, 0.25) is 0 Å². The number of imide groups is 2. The molecule has 0 aliphatic carbocycles. The summed E-state index contributed by atoms with van der Waals surface area (Å²) >= 11 is 0. The number of para-hydroxylation sites is 1. The second-order valence-corrected chi connectivity index (χ2v) is 5.04. The van der Waals surface area contributed by atoms with E-state index in [0.29, 0.717) is 11.3 Å². The largest absolute Gasteiger partial charge is 0.504 e. The molecule has 24 heavy (non-hydrogen) atoms. The fourth-order valence-corrected chi connectivity index (χ4v) is 2.27. The maximum atomic E-state index is 12.6. The fourth-order valence-electron chi connectivity index (χ4n) is 2.27. The number of carbonyl (C=O) groups is 3. The van der Waals surface area contributed by atoms with E-state index in [1.807, 2.05) is 0 Å². The number of barbiturate groups is 1. The van der Waals surface area contributed by atoms with Gasteiger partial charge in [0.25, 0.3) is 11.8 Å². The van der Waals surface area contributed by atoms with Crippen LogP contribution in [-0.4, -0.2) is 28.1 Å². The minimum atomic E-state index is -0.832. The highest BCUT2D eigenvalue weighted by Crippen LogP contribution is 2.27. The smallest absolute Gasteiger partial charge is 0.335 e. The van der Waals surface area contributed by atoms with Crippen molar-refractivity contribution in [3.63, 3.8) is 0 Å². The van der Waals surface area contributed by atoms with E-state index in [2.05, 4.69) is 5.32 Å². The highest BCUT2D eigenvalue weighted by atomic mass is 16.3. The van der Waals surface area contributed by atoms with Gasteiger partial charge >= 0.3 is 6.03 Å². The van der Waals surface area contributed by atoms with E-state index in [9.17, 15) is 24.6 Å². The number of phenols is 2. The van der Waals surface area contributed by atoms with Gasteiger partial charge in [0.1, 0.15) is 5.57 Å². The quantitative estimate of drug-likeness (QED) is 0.443. The number of carbonyl (C=O) groups excluding carboxylic acids is 3. The first-order valence-corrected chi connectivity index (χ1v) is 6.96. The molecule has 1 fully saturated rings. The van der Waals surface area contributed by atoms with E-state index in [-0.39, 0.29) is 17.1 Å². The Bertz CT molecular complexity index is 874. The number of hydrogen-bond donors (Lipinski definition) is 3. The van der Waals surface area contributed by atoms with Crippen molar-refractivity contribution < 1.29 is 24.6 Å². The van der Waals surface area contributed by atoms with Gasteiger partial charge in [0.05, 0.1) is 5.69 Å². The zero-order valence-electron chi connectivity index (χ0n) is 12.3. The Morgan fingerprint density at radius 3 is 2.29 bits per heavy atom. The van der Waals surface area contributed by atoms with E-state index in [1.54, 1.807) is 30.3 Å². The molecule has 4 amide bonds. The van der Waals surface area contributed by atoms with Crippen LogP contribution in [0.4, 0.5) is 10.5 Å². The first-order chi connectivity index (χ1) is 11.5. The zero-order valence-corrected chi connectivity index (χ0v) is 12.3. The average Bonchev–Trinajstić information content (AvgIpc) is 2.55. The van der Waals surface area contributed by atoms with Gasteiger partial charge in [-0.1, -0.05) is 24.3 Å². The molecule has 0 bridgehead atoms. The van der Waals surface area contributed by atoms with Crippen LogP contribution in [0.25, 0.3) is 6.08 Å². The van der Waals surface area contributed by atoms with E-state index in [1.165, 1.54) is 24.3 Å². The van der Waals surface area contributed by atoms with Crippen molar-refractivity contribution in [1.82, 2.24) is 5.32 Å². The number of benzene rings is 2. The Morgan fingerprint density at radius 1 is 0.917 bits per heavy atom. The van der Waals surface area contributed by atoms with E-state index >= 15 is 0 Å². The molecule has 0 radical (unpaired) electrons. The van der Waals surface area contributed by atoms with Crippen molar-refractivity contribution >= 4 is 29.6 Å². The predicted molar refractivity (Wildman–Crippen MR) is 85.2 cm³/mol. The lowest BCUT2D eigenvalue weighted by molar-refractivity contribution is -0.122. The van der Waals surface area contributed by atoms with Crippen LogP contribution in [0.1, 0.15) is 5.56 Å². The van der Waals surface area contributed by atoms with Crippen molar-refractivity contribution in [2.45, 2.75) is 0 Å². The molecule has 3 rings (SSSR count). The number of hydrogen-bond acceptors (Lipinski definition) is 5. The number of phenolic OH excluding ortho intramolecular Hbond substituents is 2.